The van der Waals surface area contributed by atoms with Gasteiger partial charge in [0, 0.05) is 34.9 Å². The second kappa shape index (κ2) is 10.9. The number of carbonyl (C=O) groups is 2. The van der Waals surface area contributed by atoms with Crippen LogP contribution in [0.2, 0.25) is 10.0 Å². The zero-order valence-corrected chi connectivity index (χ0v) is 22.5. The molecular weight excluding hydrogens is 549 g/mol. The number of amides is 1. The summed E-state index contributed by atoms with van der Waals surface area (Å²) in [5, 5.41) is 10.8. The van der Waals surface area contributed by atoms with E-state index in [1.165, 1.54) is 30.3 Å². The van der Waals surface area contributed by atoms with Crippen LogP contribution in [-0.2, 0) is 21.4 Å². The molecule has 0 heterocycles. The molecule has 0 aromatic heterocycles. The summed E-state index contributed by atoms with van der Waals surface area (Å²) in [5.74, 6) is -1.58. The van der Waals surface area contributed by atoms with Crippen molar-refractivity contribution in [1.29, 1.82) is 0 Å². The van der Waals surface area contributed by atoms with Crippen molar-refractivity contribution in [2.75, 3.05) is 23.6 Å². The summed E-state index contributed by atoms with van der Waals surface area (Å²) in [6, 6.07) is 20.7. The van der Waals surface area contributed by atoms with Crippen molar-refractivity contribution in [3.63, 3.8) is 0 Å². The number of rotatable bonds is 8. The molecule has 0 saturated heterocycles. The first-order chi connectivity index (χ1) is 18.0. The Labute approximate surface area is 229 Å². The number of aliphatic carboxylic acids is 1. The van der Waals surface area contributed by atoms with Crippen LogP contribution in [0.25, 0.3) is 10.8 Å². The lowest BCUT2D eigenvalue weighted by molar-refractivity contribution is -0.135. The number of carboxylic acid groups (broad SMARTS) is 1. The van der Waals surface area contributed by atoms with Gasteiger partial charge in [-0.05, 0) is 64.9 Å². The van der Waals surface area contributed by atoms with Gasteiger partial charge in [0.1, 0.15) is 6.54 Å². The van der Waals surface area contributed by atoms with E-state index in [0.717, 1.165) is 9.87 Å². The maximum absolute atomic E-state index is 13.4. The molecule has 3 N–H and O–H groups in total. The Morgan fingerprint density at radius 1 is 0.921 bits per heavy atom. The molecule has 4 aromatic rings. The SMILES string of the molecule is CN(Cc1ccc(N)cc1)C(=O)c1cccc2cc(N(CC(=O)O)S(=O)(=O)c3cc(Cl)cc(Cl)c3)ccc12. The predicted octanol–water partition coefficient (Wildman–Crippen LogP) is 5.28. The van der Waals surface area contributed by atoms with Gasteiger partial charge in [-0.1, -0.05) is 53.5 Å². The van der Waals surface area contributed by atoms with Gasteiger partial charge in [0.2, 0.25) is 0 Å². The number of hydrogen-bond acceptors (Lipinski definition) is 5. The molecule has 0 aliphatic rings. The third kappa shape index (κ3) is 5.85. The lowest BCUT2D eigenvalue weighted by atomic mass is 10.0. The van der Waals surface area contributed by atoms with Crippen molar-refractivity contribution < 1.29 is 23.1 Å². The molecule has 196 valence electrons. The van der Waals surface area contributed by atoms with Crippen LogP contribution in [0, 0.1) is 0 Å². The summed E-state index contributed by atoms with van der Waals surface area (Å²) in [6.07, 6.45) is 0. The number of carboxylic acids is 1. The van der Waals surface area contributed by atoms with Gasteiger partial charge in [-0.3, -0.25) is 13.9 Å². The maximum Gasteiger partial charge on any atom is 0.324 e. The van der Waals surface area contributed by atoms with E-state index in [9.17, 15) is 23.1 Å². The highest BCUT2D eigenvalue weighted by molar-refractivity contribution is 7.92. The van der Waals surface area contributed by atoms with Crippen LogP contribution in [0.1, 0.15) is 15.9 Å². The van der Waals surface area contributed by atoms with Crippen LogP contribution in [0.4, 0.5) is 11.4 Å². The smallest absolute Gasteiger partial charge is 0.324 e. The van der Waals surface area contributed by atoms with E-state index >= 15 is 0 Å². The number of nitrogens with two attached hydrogens (primary N) is 1. The Bertz CT molecular complexity index is 1620. The molecule has 38 heavy (non-hydrogen) atoms. The Morgan fingerprint density at radius 2 is 1.58 bits per heavy atom. The second-order valence-electron chi connectivity index (χ2n) is 8.62. The van der Waals surface area contributed by atoms with Gasteiger partial charge in [0.15, 0.2) is 0 Å². The van der Waals surface area contributed by atoms with Crippen LogP contribution < -0.4 is 10.0 Å². The Kier molecular flexibility index (Phi) is 7.82. The molecule has 0 fully saturated rings. The van der Waals surface area contributed by atoms with E-state index < -0.39 is 22.5 Å². The van der Waals surface area contributed by atoms with Crippen molar-refractivity contribution >= 4 is 67.2 Å². The van der Waals surface area contributed by atoms with Gasteiger partial charge in [-0.2, -0.15) is 0 Å². The molecule has 0 spiro atoms. The standard InChI is InChI=1S/C27H23Cl2N3O5S/c1-31(15-17-5-7-21(30)8-6-17)27(35)25-4-2-3-18-11-22(9-10-24(18)25)32(16-26(33)34)38(36,37)23-13-19(28)12-20(29)14-23/h2-14H,15-16,30H2,1H3,(H,33,34). The van der Waals surface area contributed by atoms with Crippen molar-refractivity contribution in [1.82, 2.24) is 4.90 Å². The normalized spacial score (nSPS) is 11.3. The van der Waals surface area contributed by atoms with Gasteiger partial charge in [-0.15, -0.1) is 0 Å². The minimum absolute atomic E-state index is 0.0936. The fourth-order valence-corrected chi connectivity index (χ4v) is 6.16. The van der Waals surface area contributed by atoms with Crippen molar-refractivity contribution in [3.8, 4) is 0 Å². The van der Waals surface area contributed by atoms with E-state index in [1.807, 2.05) is 12.1 Å². The highest BCUT2D eigenvalue weighted by Gasteiger charge is 2.28. The summed E-state index contributed by atoms with van der Waals surface area (Å²) in [5.41, 5.74) is 7.80. The van der Waals surface area contributed by atoms with E-state index in [0.29, 0.717) is 28.6 Å². The quantitative estimate of drug-likeness (QED) is 0.277. The van der Waals surface area contributed by atoms with Crippen LogP contribution >= 0.6 is 23.2 Å². The number of anilines is 2. The van der Waals surface area contributed by atoms with Crippen LogP contribution in [0.3, 0.4) is 0 Å². The first-order valence-corrected chi connectivity index (χ1v) is 13.5. The van der Waals surface area contributed by atoms with E-state index in [4.69, 9.17) is 28.9 Å². The molecule has 0 saturated carbocycles. The molecule has 0 radical (unpaired) electrons. The summed E-state index contributed by atoms with van der Waals surface area (Å²) >= 11 is 12.0. The maximum atomic E-state index is 13.4. The number of halogens is 2. The minimum Gasteiger partial charge on any atom is -0.480 e. The molecule has 11 heteroatoms. The summed E-state index contributed by atoms with van der Waals surface area (Å²) in [7, 11) is -2.66. The fourth-order valence-electron chi connectivity index (χ4n) is 4.03. The van der Waals surface area contributed by atoms with Gasteiger partial charge >= 0.3 is 5.97 Å². The van der Waals surface area contributed by atoms with Gasteiger partial charge in [0.05, 0.1) is 10.6 Å². The minimum atomic E-state index is -4.34. The lowest BCUT2D eigenvalue weighted by Crippen LogP contribution is -2.35. The molecule has 4 aromatic carbocycles. The number of benzene rings is 4. The number of fused-ring (bicyclic) bond motifs is 1. The molecule has 8 nitrogen and oxygen atoms in total. The number of carbonyl (C=O) groups excluding carboxylic acids is 1. The number of nitrogen functional groups attached to an aromatic ring is 1. The molecule has 0 aliphatic heterocycles. The Balaban J connectivity index is 1.71. The van der Waals surface area contributed by atoms with E-state index in [2.05, 4.69) is 0 Å². The summed E-state index contributed by atoms with van der Waals surface area (Å²) in [4.78, 5) is 26.2. The zero-order valence-electron chi connectivity index (χ0n) is 20.1. The average molecular weight is 572 g/mol. The lowest BCUT2D eigenvalue weighted by Gasteiger charge is -2.24. The largest absolute Gasteiger partial charge is 0.480 e. The van der Waals surface area contributed by atoms with Gasteiger partial charge in [0.25, 0.3) is 15.9 Å². The molecule has 0 bridgehead atoms. The van der Waals surface area contributed by atoms with E-state index in [-0.39, 0.29) is 26.5 Å². The third-order valence-corrected chi connectivity index (χ3v) is 8.02. The summed E-state index contributed by atoms with van der Waals surface area (Å²) in [6.45, 7) is -0.471. The molecular formula is C27H23Cl2N3O5S. The number of hydrogen-bond donors (Lipinski definition) is 2. The Hall–Kier alpha value is -3.79. The molecule has 0 aliphatic carbocycles. The monoisotopic (exact) mass is 571 g/mol. The molecule has 0 unspecified atom stereocenters. The average Bonchev–Trinajstić information content (AvgIpc) is 2.86. The Morgan fingerprint density at radius 3 is 2.21 bits per heavy atom. The van der Waals surface area contributed by atoms with Crippen LogP contribution in [0.15, 0.2) is 83.8 Å². The number of nitrogens with zero attached hydrogens (tertiary/aromatic N) is 2. The van der Waals surface area contributed by atoms with Crippen molar-refractivity contribution in [2.45, 2.75) is 11.4 Å². The zero-order chi connectivity index (χ0) is 27.6. The number of sulfonamides is 1. The summed E-state index contributed by atoms with van der Waals surface area (Å²) < 4.78 is 27.7. The van der Waals surface area contributed by atoms with Gasteiger partial charge < -0.3 is 15.7 Å². The topological polar surface area (TPSA) is 121 Å². The van der Waals surface area contributed by atoms with Crippen LogP contribution in [0.5, 0.6) is 0 Å². The molecule has 0 atom stereocenters. The highest BCUT2D eigenvalue weighted by atomic mass is 35.5. The molecule has 4 rings (SSSR count). The van der Waals surface area contributed by atoms with Gasteiger partial charge in [-0.25, -0.2) is 8.42 Å². The van der Waals surface area contributed by atoms with Crippen LogP contribution in [-0.4, -0.2) is 43.9 Å². The highest BCUT2D eigenvalue weighted by Crippen LogP contribution is 2.31. The third-order valence-electron chi connectivity index (χ3n) is 5.83. The predicted molar refractivity (Wildman–Crippen MR) is 149 cm³/mol. The van der Waals surface area contributed by atoms with Crippen molar-refractivity contribution in [2.24, 2.45) is 0 Å². The van der Waals surface area contributed by atoms with E-state index in [1.54, 1.807) is 48.3 Å². The first-order valence-electron chi connectivity index (χ1n) is 11.3. The molecule has 1 amide bonds. The van der Waals surface area contributed by atoms with Crippen molar-refractivity contribution in [3.05, 3.63) is 100 Å². The second-order valence-corrected chi connectivity index (χ2v) is 11.4. The fraction of sp³-hybridized carbons (Fsp3) is 0.111. The first kappa shape index (κ1) is 27.3.